The summed E-state index contributed by atoms with van der Waals surface area (Å²) in [4.78, 5) is 23.9. The molecule has 1 aliphatic rings. The Labute approximate surface area is 102 Å². The molecule has 0 aromatic rings. The second kappa shape index (κ2) is 6.47. The third-order valence-electron chi connectivity index (χ3n) is 3.16. The number of hydrogen-bond donors (Lipinski definition) is 2. The molecule has 0 aromatic heterocycles. The minimum atomic E-state index is -0.808. The van der Waals surface area contributed by atoms with Crippen LogP contribution >= 0.6 is 0 Å². The summed E-state index contributed by atoms with van der Waals surface area (Å²) in [5.41, 5.74) is 0. The van der Waals surface area contributed by atoms with Gasteiger partial charge in [0.05, 0.1) is 0 Å². The van der Waals surface area contributed by atoms with Crippen LogP contribution in [-0.2, 0) is 4.79 Å². The van der Waals surface area contributed by atoms with Gasteiger partial charge in [-0.15, -0.1) is 0 Å². The Morgan fingerprint density at radius 1 is 1.47 bits per heavy atom. The lowest BCUT2D eigenvalue weighted by Gasteiger charge is -2.20. The molecule has 0 heterocycles. The number of nitrogens with one attached hydrogen (secondary N) is 1. The number of rotatable bonds is 7. The Morgan fingerprint density at radius 2 is 2.12 bits per heavy atom. The molecule has 17 heavy (non-hydrogen) atoms. The summed E-state index contributed by atoms with van der Waals surface area (Å²) in [6.45, 7) is 3.19. The average molecular weight is 242 g/mol. The lowest BCUT2D eigenvalue weighted by Crippen LogP contribution is -2.40. The van der Waals surface area contributed by atoms with Gasteiger partial charge in [-0.1, -0.05) is 13.3 Å². The highest BCUT2D eigenvalue weighted by molar-refractivity contribution is 5.74. The van der Waals surface area contributed by atoms with Gasteiger partial charge in [-0.25, -0.2) is 4.79 Å². The maximum absolute atomic E-state index is 11.7. The Bertz CT molecular complexity index is 277. The minimum Gasteiger partial charge on any atom is -0.481 e. The lowest BCUT2D eigenvalue weighted by molar-refractivity contribution is -0.138. The molecular formula is C12H22N2O3. The summed E-state index contributed by atoms with van der Waals surface area (Å²) in [5.74, 6) is -0.116. The molecule has 5 heteroatoms. The second-order valence-corrected chi connectivity index (χ2v) is 4.88. The summed E-state index contributed by atoms with van der Waals surface area (Å²) in [5, 5.41) is 11.5. The second-order valence-electron chi connectivity index (χ2n) is 4.88. The molecule has 0 spiro atoms. The molecular weight excluding hydrogens is 220 g/mol. The van der Waals surface area contributed by atoms with Gasteiger partial charge in [-0.05, 0) is 24.7 Å². The van der Waals surface area contributed by atoms with Crippen LogP contribution in [0.25, 0.3) is 0 Å². The molecule has 2 N–H and O–H groups in total. The van der Waals surface area contributed by atoms with Gasteiger partial charge in [0.1, 0.15) is 0 Å². The molecule has 0 radical (unpaired) electrons. The number of aliphatic carboxylic acids is 1. The number of amides is 2. The smallest absolute Gasteiger partial charge is 0.317 e. The maximum Gasteiger partial charge on any atom is 0.317 e. The van der Waals surface area contributed by atoms with E-state index in [9.17, 15) is 9.59 Å². The summed E-state index contributed by atoms with van der Waals surface area (Å²) < 4.78 is 0. The third-order valence-corrected chi connectivity index (χ3v) is 3.16. The molecule has 1 aliphatic carbocycles. The van der Waals surface area contributed by atoms with Crippen molar-refractivity contribution in [3.8, 4) is 0 Å². The van der Waals surface area contributed by atoms with Crippen molar-refractivity contribution in [2.45, 2.75) is 32.6 Å². The predicted octanol–water partition coefficient (Wildman–Crippen LogP) is 1.54. The van der Waals surface area contributed by atoms with E-state index in [0.717, 1.165) is 13.0 Å². The van der Waals surface area contributed by atoms with E-state index in [-0.39, 0.29) is 18.4 Å². The SMILES string of the molecule is CCC(CNC(=O)N(C)CC1CC1)CC(=O)O. The molecule has 1 rings (SSSR count). The molecule has 2 amide bonds. The number of urea groups is 1. The molecule has 1 fully saturated rings. The first-order chi connectivity index (χ1) is 8.02. The van der Waals surface area contributed by atoms with Crippen LogP contribution in [0.5, 0.6) is 0 Å². The predicted molar refractivity (Wildman–Crippen MR) is 64.8 cm³/mol. The fourth-order valence-electron chi connectivity index (χ4n) is 1.75. The fourth-order valence-corrected chi connectivity index (χ4v) is 1.75. The Hall–Kier alpha value is -1.26. The zero-order chi connectivity index (χ0) is 12.8. The van der Waals surface area contributed by atoms with E-state index < -0.39 is 5.97 Å². The number of carboxylic acid groups (broad SMARTS) is 1. The summed E-state index contributed by atoms with van der Waals surface area (Å²) in [6.07, 6.45) is 3.31. The van der Waals surface area contributed by atoms with Crippen LogP contribution in [0.4, 0.5) is 4.79 Å². The molecule has 5 nitrogen and oxygen atoms in total. The van der Waals surface area contributed by atoms with Crippen molar-refractivity contribution < 1.29 is 14.7 Å². The van der Waals surface area contributed by atoms with Gasteiger partial charge in [0.2, 0.25) is 0 Å². The zero-order valence-corrected chi connectivity index (χ0v) is 10.6. The minimum absolute atomic E-state index is 0.0192. The first-order valence-corrected chi connectivity index (χ1v) is 6.23. The van der Waals surface area contributed by atoms with Crippen LogP contribution in [0.1, 0.15) is 32.6 Å². The van der Waals surface area contributed by atoms with Crippen LogP contribution in [0.2, 0.25) is 0 Å². The summed E-state index contributed by atoms with van der Waals surface area (Å²) >= 11 is 0. The van der Waals surface area contributed by atoms with E-state index >= 15 is 0 Å². The highest BCUT2D eigenvalue weighted by Crippen LogP contribution is 2.29. The highest BCUT2D eigenvalue weighted by Gasteiger charge is 2.24. The largest absolute Gasteiger partial charge is 0.481 e. The molecule has 0 aromatic carbocycles. The van der Waals surface area contributed by atoms with Crippen molar-refractivity contribution in [3.05, 3.63) is 0 Å². The van der Waals surface area contributed by atoms with Crippen molar-refractivity contribution in [1.82, 2.24) is 10.2 Å². The van der Waals surface area contributed by atoms with E-state index in [1.807, 2.05) is 6.92 Å². The first kappa shape index (κ1) is 13.8. The normalized spacial score (nSPS) is 16.4. The van der Waals surface area contributed by atoms with E-state index in [1.165, 1.54) is 12.8 Å². The molecule has 1 saturated carbocycles. The van der Waals surface area contributed by atoms with Crippen molar-refractivity contribution >= 4 is 12.0 Å². The quantitative estimate of drug-likeness (QED) is 0.711. The summed E-state index contributed by atoms with van der Waals surface area (Å²) in [6, 6.07) is -0.0965. The molecule has 98 valence electrons. The van der Waals surface area contributed by atoms with Crippen LogP contribution in [0.3, 0.4) is 0 Å². The zero-order valence-electron chi connectivity index (χ0n) is 10.6. The van der Waals surface area contributed by atoms with E-state index in [0.29, 0.717) is 12.5 Å². The number of carbonyl (C=O) groups is 2. The highest BCUT2D eigenvalue weighted by atomic mass is 16.4. The van der Waals surface area contributed by atoms with Gasteiger partial charge in [-0.2, -0.15) is 0 Å². The number of hydrogen-bond acceptors (Lipinski definition) is 2. The van der Waals surface area contributed by atoms with Gasteiger partial charge in [0.25, 0.3) is 0 Å². The number of carbonyl (C=O) groups excluding carboxylic acids is 1. The van der Waals surface area contributed by atoms with Gasteiger partial charge < -0.3 is 15.3 Å². The number of carboxylic acids is 1. The third kappa shape index (κ3) is 5.56. The van der Waals surface area contributed by atoms with Gasteiger partial charge in [0.15, 0.2) is 0 Å². The van der Waals surface area contributed by atoms with Crippen LogP contribution in [0.15, 0.2) is 0 Å². The fraction of sp³-hybridized carbons (Fsp3) is 0.833. The topological polar surface area (TPSA) is 69.6 Å². The maximum atomic E-state index is 11.7. The molecule has 0 bridgehead atoms. The molecule has 0 aliphatic heterocycles. The first-order valence-electron chi connectivity index (χ1n) is 6.23. The van der Waals surface area contributed by atoms with Gasteiger partial charge in [-0.3, -0.25) is 4.79 Å². The standard InChI is InChI=1S/C12H22N2O3/c1-3-9(6-11(15)16)7-13-12(17)14(2)8-10-4-5-10/h9-10H,3-8H2,1-2H3,(H,13,17)(H,15,16). The van der Waals surface area contributed by atoms with Crippen molar-refractivity contribution in [2.24, 2.45) is 11.8 Å². The monoisotopic (exact) mass is 242 g/mol. The lowest BCUT2D eigenvalue weighted by atomic mass is 10.0. The molecule has 1 atom stereocenters. The van der Waals surface area contributed by atoms with E-state index in [1.54, 1.807) is 11.9 Å². The Balaban J connectivity index is 2.21. The van der Waals surface area contributed by atoms with Crippen LogP contribution in [-0.4, -0.2) is 42.1 Å². The van der Waals surface area contributed by atoms with Crippen LogP contribution < -0.4 is 5.32 Å². The molecule has 0 saturated heterocycles. The molecule has 1 unspecified atom stereocenters. The van der Waals surface area contributed by atoms with Crippen molar-refractivity contribution in [3.63, 3.8) is 0 Å². The summed E-state index contributed by atoms with van der Waals surface area (Å²) in [7, 11) is 1.78. The number of nitrogens with zero attached hydrogens (tertiary/aromatic N) is 1. The van der Waals surface area contributed by atoms with Gasteiger partial charge in [0, 0.05) is 26.6 Å². The Morgan fingerprint density at radius 3 is 2.59 bits per heavy atom. The van der Waals surface area contributed by atoms with E-state index in [4.69, 9.17) is 5.11 Å². The Kier molecular flexibility index (Phi) is 5.25. The van der Waals surface area contributed by atoms with Crippen molar-refractivity contribution in [1.29, 1.82) is 0 Å². The van der Waals surface area contributed by atoms with Crippen LogP contribution in [0, 0.1) is 11.8 Å². The van der Waals surface area contributed by atoms with Crippen molar-refractivity contribution in [2.75, 3.05) is 20.1 Å². The van der Waals surface area contributed by atoms with Gasteiger partial charge >= 0.3 is 12.0 Å². The van der Waals surface area contributed by atoms with E-state index in [2.05, 4.69) is 5.32 Å². The average Bonchev–Trinajstić information content (AvgIpc) is 3.06.